The second-order valence-electron chi connectivity index (χ2n) is 5.04. The summed E-state index contributed by atoms with van der Waals surface area (Å²) in [5, 5.41) is 8.80. The Balaban J connectivity index is 2.20. The topological polar surface area (TPSA) is 57.9 Å². The zero-order valence-electron chi connectivity index (χ0n) is 11.8. The van der Waals surface area contributed by atoms with Crippen molar-refractivity contribution in [3.63, 3.8) is 0 Å². The van der Waals surface area contributed by atoms with Gasteiger partial charge >= 0.3 is 6.18 Å². The second kappa shape index (κ2) is 6.42. The Morgan fingerprint density at radius 2 is 1.52 bits per heavy atom. The maximum atomic E-state index is 12.7. The quantitative estimate of drug-likeness (QED) is 0.853. The Bertz CT molecular complexity index is 852. The van der Waals surface area contributed by atoms with Gasteiger partial charge in [-0.1, -0.05) is 30.3 Å². The number of rotatable bonds is 4. The molecule has 0 aliphatic rings. The SMILES string of the molecule is N#Cc1cccc(CS(=O)(=O)Cc2cccc(C(F)(F)F)c2)c1. The van der Waals surface area contributed by atoms with Gasteiger partial charge in [0.2, 0.25) is 0 Å². The number of hydrogen-bond acceptors (Lipinski definition) is 3. The molecule has 0 aliphatic carbocycles. The van der Waals surface area contributed by atoms with Crippen molar-refractivity contribution in [2.45, 2.75) is 17.7 Å². The normalized spacial score (nSPS) is 11.9. The number of alkyl halides is 3. The van der Waals surface area contributed by atoms with Gasteiger partial charge in [-0.2, -0.15) is 18.4 Å². The molecule has 3 nitrogen and oxygen atoms in total. The van der Waals surface area contributed by atoms with Gasteiger partial charge in [0, 0.05) is 0 Å². The molecular weight excluding hydrogens is 327 g/mol. The second-order valence-corrected chi connectivity index (χ2v) is 7.11. The van der Waals surface area contributed by atoms with E-state index in [0.29, 0.717) is 11.1 Å². The molecule has 0 spiro atoms. The highest BCUT2D eigenvalue weighted by molar-refractivity contribution is 7.89. The van der Waals surface area contributed by atoms with Crippen LogP contribution in [0.2, 0.25) is 0 Å². The molecule has 0 amide bonds. The average molecular weight is 339 g/mol. The minimum atomic E-state index is -4.51. The highest BCUT2D eigenvalue weighted by Gasteiger charge is 2.30. The number of benzene rings is 2. The first kappa shape index (κ1) is 17.0. The first-order valence-corrected chi connectivity index (χ1v) is 8.37. The van der Waals surface area contributed by atoms with Crippen molar-refractivity contribution in [3.05, 3.63) is 70.8 Å². The maximum Gasteiger partial charge on any atom is 0.416 e. The van der Waals surface area contributed by atoms with Crippen LogP contribution in [-0.2, 0) is 27.5 Å². The van der Waals surface area contributed by atoms with Crippen LogP contribution in [0.5, 0.6) is 0 Å². The van der Waals surface area contributed by atoms with E-state index in [4.69, 9.17) is 5.26 Å². The highest BCUT2D eigenvalue weighted by atomic mass is 32.2. The van der Waals surface area contributed by atoms with Gasteiger partial charge in [-0.05, 0) is 29.3 Å². The molecule has 0 saturated carbocycles. The van der Waals surface area contributed by atoms with Gasteiger partial charge in [-0.15, -0.1) is 0 Å². The molecule has 0 aliphatic heterocycles. The molecule has 7 heteroatoms. The monoisotopic (exact) mass is 339 g/mol. The van der Waals surface area contributed by atoms with Crippen LogP contribution in [-0.4, -0.2) is 8.42 Å². The van der Waals surface area contributed by atoms with Crippen LogP contribution in [0.1, 0.15) is 22.3 Å². The first-order chi connectivity index (χ1) is 10.7. The molecule has 0 unspecified atom stereocenters. The minimum absolute atomic E-state index is 0.0799. The zero-order valence-corrected chi connectivity index (χ0v) is 12.7. The lowest BCUT2D eigenvalue weighted by Crippen LogP contribution is -2.10. The fraction of sp³-hybridized carbons (Fsp3) is 0.188. The summed E-state index contributed by atoms with van der Waals surface area (Å²) in [6.45, 7) is 0. The molecule has 0 radical (unpaired) electrons. The predicted octanol–water partition coefficient (Wildman–Crippen LogP) is 3.69. The first-order valence-electron chi connectivity index (χ1n) is 6.55. The van der Waals surface area contributed by atoms with Crippen molar-refractivity contribution in [3.8, 4) is 6.07 Å². The smallest absolute Gasteiger partial charge is 0.228 e. The lowest BCUT2D eigenvalue weighted by molar-refractivity contribution is -0.137. The standard InChI is InChI=1S/C16H12F3NO2S/c17-16(18,19)15-6-2-5-14(8-15)11-23(21,22)10-13-4-1-3-12(7-13)9-20/h1-8H,10-11H2. The Labute approximate surface area is 131 Å². The van der Waals surface area contributed by atoms with Gasteiger partial charge in [0.25, 0.3) is 0 Å². The minimum Gasteiger partial charge on any atom is -0.228 e. The highest BCUT2D eigenvalue weighted by Crippen LogP contribution is 2.30. The third-order valence-corrected chi connectivity index (χ3v) is 4.63. The van der Waals surface area contributed by atoms with Gasteiger partial charge in [0.1, 0.15) is 0 Å². The molecule has 0 atom stereocenters. The van der Waals surface area contributed by atoms with Gasteiger partial charge in [-0.25, -0.2) is 8.42 Å². The van der Waals surface area contributed by atoms with E-state index in [9.17, 15) is 21.6 Å². The predicted molar refractivity (Wildman–Crippen MR) is 78.9 cm³/mol. The van der Waals surface area contributed by atoms with E-state index < -0.39 is 27.3 Å². The van der Waals surface area contributed by atoms with Crippen LogP contribution in [0.4, 0.5) is 13.2 Å². The number of hydrogen-bond donors (Lipinski definition) is 0. The Kier molecular flexibility index (Phi) is 4.76. The van der Waals surface area contributed by atoms with E-state index >= 15 is 0 Å². The van der Waals surface area contributed by atoms with Crippen molar-refractivity contribution < 1.29 is 21.6 Å². The molecule has 120 valence electrons. The summed E-state index contributed by atoms with van der Waals surface area (Å²) in [7, 11) is -3.65. The fourth-order valence-electron chi connectivity index (χ4n) is 2.13. The number of nitrogens with zero attached hydrogens (tertiary/aromatic N) is 1. The summed E-state index contributed by atoms with van der Waals surface area (Å²) in [4.78, 5) is 0. The fourth-order valence-corrected chi connectivity index (χ4v) is 3.60. The number of sulfone groups is 1. The van der Waals surface area contributed by atoms with Crippen LogP contribution in [0.3, 0.4) is 0 Å². The third kappa shape index (κ3) is 4.83. The van der Waals surface area contributed by atoms with Crippen LogP contribution in [0.25, 0.3) is 0 Å². The average Bonchev–Trinajstić information content (AvgIpc) is 2.45. The molecule has 2 aromatic rings. The molecular formula is C16H12F3NO2S. The van der Waals surface area contributed by atoms with E-state index in [1.807, 2.05) is 6.07 Å². The number of nitriles is 1. The van der Waals surface area contributed by atoms with Crippen molar-refractivity contribution in [1.82, 2.24) is 0 Å². The van der Waals surface area contributed by atoms with Crippen LogP contribution < -0.4 is 0 Å². The molecule has 2 rings (SSSR count). The zero-order chi connectivity index (χ0) is 17.1. The summed E-state index contributed by atoms with van der Waals surface area (Å²) in [5.41, 5.74) is -0.0410. The van der Waals surface area contributed by atoms with Crippen LogP contribution in [0.15, 0.2) is 48.5 Å². The van der Waals surface area contributed by atoms with E-state index in [-0.39, 0.29) is 11.3 Å². The Hall–Kier alpha value is -2.33. The van der Waals surface area contributed by atoms with Crippen LogP contribution in [0, 0.1) is 11.3 Å². The molecule has 0 bridgehead atoms. The summed E-state index contributed by atoms with van der Waals surface area (Å²) < 4.78 is 62.3. The molecule has 0 aromatic heterocycles. The molecule has 23 heavy (non-hydrogen) atoms. The van der Waals surface area contributed by atoms with Gasteiger partial charge in [0.05, 0.1) is 28.7 Å². The Morgan fingerprint density at radius 3 is 2.09 bits per heavy atom. The van der Waals surface area contributed by atoms with Gasteiger partial charge < -0.3 is 0 Å². The van der Waals surface area contributed by atoms with E-state index in [1.165, 1.54) is 18.2 Å². The van der Waals surface area contributed by atoms with Crippen molar-refractivity contribution in [2.75, 3.05) is 0 Å². The van der Waals surface area contributed by atoms with Crippen molar-refractivity contribution in [2.24, 2.45) is 0 Å². The summed E-state index contributed by atoms with van der Waals surface area (Å²) in [5.74, 6) is -0.827. The Morgan fingerprint density at radius 1 is 0.957 bits per heavy atom. The van der Waals surface area contributed by atoms with E-state index in [1.54, 1.807) is 18.2 Å². The lowest BCUT2D eigenvalue weighted by atomic mass is 10.1. The van der Waals surface area contributed by atoms with E-state index in [2.05, 4.69) is 0 Å². The molecule has 0 N–H and O–H groups in total. The van der Waals surface area contributed by atoms with Crippen LogP contribution >= 0.6 is 0 Å². The summed E-state index contributed by atoms with van der Waals surface area (Å²) >= 11 is 0. The van der Waals surface area contributed by atoms with E-state index in [0.717, 1.165) is 12.1 Å². The largest absolute Gasteiger partial charge is 0.416 e. The summed E-state index contributed by atoms with van der Waals surface area (Å²) in [6, 6.07) is 12.3. The van der Waals surface area contributed by atoms with Gasteiger partial charge in [-0.3, -0.25) is 0 Å². The molecule has 0 heterocycles. The third-order valence-electron chi connectivity index (χ3n) is 3.08. The van der Waals surface area contributed by atoms with Crippen molar-refractivity contribution >= 4 is 9.84 Å². The number of halogens is 3. The molecule has 0 saturated heterocycles. The molecule has 0 fully saturated rings. The lowest BCUT2D eigenvalue weighted by Gasteiger charge is -2.09. The summed E-state index contributed by atoms with van der Waals surface area (Å²) in [6.07, 6.45) is -4.51. The maximum absolute atomic E-state index is 12.7. The van der Waals surface area contributed by atoms with Crippen molar-refractivity contribution in [1.29, 1.82) is 5.26 Å². The molecule has 2 aromatic carbocycles. The van der Waals surface area contributed by atoms with Gasteiger partial charge in [0.15, 0.2) is 9.84 Å².